The second-order valence-corrected chi connectivity index (χ2v) is 12.4. The van der Waals surface area contributed by atoms with Gasteiger partial charge in [-0.3, -0.25) is 13.9 Å². The largest absolute Gasteiger partial charge is 0.495 e. The number of nitrogens with zero attached hydrogens (tertiary/aromatic N) is 2. The molecule has 0 spiro atoms. The quantitative estimate of drug-likeness (QED) is 0.316. The third-order valence-corrected chi connectivity index (χ3v) is 7.67. The van der Waals surface area contributed by atoms with Crippen LogP contribution < -0.4 is 14.4 Å². The van der Waals surface area contributed by atoms with Crippen LogP contribution in [0.3, 0.4) is 0 Å². The minimum atomic E-state index is -3.97. The normalized spacial score (nSPS) is 12.1. The molecule has 0 aliphatic heterocycles. The van der Waals surface area contributed by atoms with Crippen LogP contribution in [-0.4, -0.2) is 57.1 Å². The van der Waals surface area contributed by atoms with Crippen molar-refractivity contribution in [1.82, 2.24) is 10.2 Å². The van der Waals surface area contributed by atoms with Gasteiger partial charge in [-0.05, 0) is 55.3 Å². The minimum Gasteiger partial charge on any atom is -0.495 e. The fourth-order valence-corrected chi connectivity index (χ4v) is 5.31. The molecule has 0 aliphatic carbocycles. The van der Waals surface area contributed by atoms with Crippen LogP contribution in [0.2, 0.25) is 10.0 Å². The van der Waals surface area contributed by atoms with Gasteiger partial charge in [0.15, 0.2) is 0 Å². The molecule has 0 saturated carbocycles. The molecule has 40 heavy (non-hydrogen) atoms. The molecule has 3 rings (SSSR count). The summed E-state index contributed by atoms with van der Waals surface area (Å²) in [6.07, 6.45) is 1.22. The highest BCUT2D eigenvalue weighted by atomic mass is 35.5. The Kier molecular flexibility index (Phi) is 10.8. The van der Waals surface area contributed by atoms with E-state index in [1.807, 2.05) is 44.2 Å². The first-order valence-corrected chi connectivity index (χ1v) is 15.2. The number of benzene rings is 3. The maximum absolute atomic E-state index is 14.1. The number of sulfonamides is 1. The van der Waals surface area contributed by atoms with Crippen molar-refractivity contribution in [3.05, 3.63) is 94.0 Å². The summed E-state index contributed by atoms with van der Waals surface area (Å²) in [5.74, 6) is -0.708. The fourth-order valence-electron chi connectivity index (χ4n) is 4.17. The number of anilines is 1. The molecule has 3 aromatic rings. The van der Waals surface area contributed by atoms with Crippen LogP contribution in [0, 0.1) is 0 Å². The van der Waals surface area contributed by atoms with Crippen molar-refractivity contribution < 1.29 is 22.7 Å². The van der Waals surface area contributed by atoms with Crippen molar-refractivity contribution in [2.75, 3.05) is 24.2 Å². The molecule has 0 fully saturated rings. The molecule has 2 amide bonds. The number of rotatable bonds is 12. The maximum Gasteiger partial charge on any atom is 0.244 e. The van der Waals surface area contributed by atoms with Gasteiger partial charge in [-0.2, -0.15) is 0 Å². The summed E-state index contributed by atoms with van der Waals surface area (Å²) in [4.78, 5) is 29.0. The number of carbonyl (C=O) groups excluding carboxylic acids is 2. The summed E-state index contributed by atoms with van der Waals surface area (Å²) in [6.45, 7) is 3.13. The van der Waals surface area contributed by atoms with E-state index in [-0.39, 0.29) is 41.4 Å². The lowest BCUT2D eigenvalue weighted by Gasteiger charge is -2.34. The number of nitrogens with one attached hydrogen (secondary N) is 1. The van der Waals surface area contributed by atoms with E-state index < -0.39 is 28.5 Å². The molecular formula is C29H33Cl2N3O5S. The second-order valence-electron chi connectivity index (χ2n) is 9.60. The predicted octanol–water partition coefficient (Wildman–Crippen LogP) is 4.93. The van der Waals surface area contributed by atoms with Gasteiger partial charge in [0.2, 0.25) is 21.8 Å². The number of halogens is 2. The third-order valence-electron chi connectivity index (χ3n) is 6.06. The maximum atomic E-state index is 14.1. The number of hydrogen-bond acceptors (Lipinski definition) is 5. The number of hydrogen-bond donors (Lipinski definition) is 1. The topological polar surface area (TPSA) is 96.0 Å². The number of carbonyl (C=O) groups is 2. The zero-order valence-electron chi connectivity index (χ0n) is 22.8. The Hall–Kier alpha value is -3.27. The van der Waals surface area contributed by atoms with Gasteiger partial charge in [0.25, 0.3) is 0 Å². The lowest BCUT2D eigenvalue weighted by molar-refractivity contribution is -0.140. The Labute approximate surface area is 245 Å². The Morgan fingerprint density at radius 2 is 1.55 bits per heavy atom. The Balaban J connectivity index is 2.09. The molecule has 0 saturated heterocycles. The fraction of sp³-hybridized carbons (Fsp3) is 0.310. The van der Waals surface area contributed by atoms with Crippen LogP contribution in [0.1, 0.15) is 25.0 Å². The van der Waals surface area contributed by atoms with E-state index in [9.17, 15) is 18.0 Å². The smallest absolute Gasteiger partial charge is 0.244 e. The van der Waals surface area contributed by atoms with Crippen LogP contribution in [0.25, 0.3) is 0 Å². The summed E-state index contributed by atoms with van der Waals surface area (Å²) in [6, 6.07) is 19.6. The van der Waals surface area contributed by atoms with Gasteiger partial charge in [0.05, 0.1) is 19.1 Å². The monoisotopic (exact) mass is 605 g/mol. The minimum absolute atomic E-state index is 0.0449. The van der Waals surface area contributed by atoms with E-state index in [0.717, 1.165) is 21.7 Å². The lowest BCUT2D eigenvalue weighted by atomic mass is 10.0. The number of amides is 2. The third kappa shape index (κ3) is 8.61. The van der Waals surface area contributed by atoms with E-state index >= 15 is 0 Å². The Morgan fingerprint density at radius 3 is 2.12 bits per heavy atom. The van der Waals surface area contributed by atoms with Crippen molar-refractivity contribution in [1.29, 1.82) is 0 Å². The van der Waals surface area contributed by atoms with Crippen LogP contribution in [0.15, 0.2) is 72.8 Å². The average molecular weight is 607 g/mol. The molecule has 0 heterocycles. The first kappa shape index (κ1) is 31.3. The van der Waals surface area contributed by atoms with Gasteiger partial charge in [-0.25, -0.2) is 8.42 Å². The van der Waals surface area contributed by atoms with Gasteiger partial charge < -0.3 is 15.0 Å². The Bertz CT molecular complexity index is 1420. The summed E-state index contributed by atoms with van der Waals surface area (Å²) in [7, 11) is -2.57. The summed E-state index contributed by atoms with van der Waals surface area (Å²) < 4.78 is 32.2. The zero-order chi connectivity index (χ0) is 29.4. The van der Waals surface area contributed by atoms with E-state index in [2.05, 4.69) is 5.32 Å². The number of ether oxygens (including phenoxy) is 1. The van der Waals surface area contributed by atoms with E-state index in [1.54, 1.807) is 30.3 Å². The standard InChI is InChI=1S/C29H33Cl2N3O5S/c1-20(2)32-29(36)26(16-21-8-6-5-7-9-21)33(18-22-10-12-23(30)13-11-22)28(35)19-34(40(4,37)38)25-17-24(31)14-15-27(25)39-3/h5-15,17,20,26H,16,18-19H2,1-4H3,(H,32,36). The van der Waals surface area contributed by atoms with Crippen molar-refractivity contribution in [3.8, 4) is 5.75 Å². The molecule has 11 heteroatoms. The zero-order valence-corrected chi connectivity index (χ0v) is 25.1. The van der Waals surface area contributed by atoms with Gasteiger partial charge in [0.1, 0.15) is 18.3 Å². The van der Waals surface area contributed by atoms with Crippen LogP contribution in [-0.2, 0) is 32.6 Å². The molecule has 0 aromatic heterocycles. The van der Waals surface area contributed by atoms with Crippen LogP contribution in [0.5, 0.6) is 5.75 Å². The second kappa shape index (κ2) is 13.9. The summed E-state index contributed by atoms with van der Waals surface area (Å²) in [5.41, 5.74) is 1.68. The van der Waals surface area contributed by atoms with Crippen LogP contribution in [0.4, 0.5) is 5.69 Å². The molecule has 1 atom stereocenters. The highest BCUT2D eigenvalue weighted by Gasteiger charge is 2.34. The van der Waals surface area contributed by atoms with Crippen molar-refractivity contribution in [2.24, 2.45) is 0 Å². The highest BCUT2D eigenvalue weighted by molar-refractivity contribution is 7.92. The molecule has 0 radical (unpaired) electrons. The van der Waals surface area contributed by atoms with Crippen molar-refractivity contribution >= 4 is 50.7 Å². The first-order valence-electron chi connectivity index (χ1n) is 12.6. The van der Waals surface area contributed by atoms with Crippen molar-refractivity contribution in [3.63, 3.8) is 0 Å². The van der Waals surface area contributed by atoms with Gasteiger partial charge >= 0.3 is 0 Å². The van der Waals surface area contributed by atoms with Gasteiger partial charge in [-0.15, -0.1) is 0 Å². The first-order chi connectivity index (χ1) is 18.9. The summed E-state index contributed by atoms with van der Waals surface area (Å²) in [5, 5.41) is 3.71. The highest BCUT2D eigenvalue weighted by Crippen LogP contribution is 2.33. The molecule has 1 unspecified atom stereocenters. The van der Waals surface area contributed by atoms with E-state index in [1.165, 1.54) is 24.1 Å². The molecule has 214 valence electrons. The molecule has 0 aliphatic rings. The summed E-state index contributed by atoms with van der Waals surface area (Å²) >= 11 is 12.3. The SMILES string of the molecule is COc1ccc(Cl)cc1N(CC(=O)N(Cc1ccc(Cl)cc1)C(Cc1ccccc1)C(=O)NC(C)C)S(C)(=O)=O. The van der Waals surface area contributed by atoms with E-state index in [0.29, 0.717) is 5.02 Å². The molecule has 0 bridgehead atoms. The van der Waals surface area contributed by atoms with Gasteiger partial charge in [-0.1, -0.05) is 65.7 Å². The molecular weight excluding hydrogens is 573 g/mol. The molecule has 8 nitrogen and oxygen atoms in total. The molecule has 1 N–H and O–H groups in total. The van der Waals surface area contributed by atoms with Gasteiger partial charge in [0, 0.05) is 29.1 Å². The van der Waals surface area contributed by atoms with Crippen LogP contribution >= 0.6 is 23.2 Å². The van der Waals surface area contributed by atoms with Crippen molar-refractivity contribution in [2.45, 2.75) is 38.9 Å². The average Bonchev–Trinajstić information content (AvgIpc) is 2.89. The predicted molar refractivity (Wildman–Crippen MR) is 159 cm³/mol. The Morgan fingerprint density at radius 1 is 0.925 bits per heavy atom. The molecule has 3 aromatic carbocycles. The number of methoxy groups -OCH3 is 1. The van der Waals surface area contributed by atoms with E-state index in [4.69, 9.17) is 27.9 Å². The lowest BCUT2D eigenvalue weighted by Crippen LogP contribution is -2.54.